The van der Waals surface area contributed by atoms with Crippen LogP contribution in [0.2, 0.25) is 5.02 Å². The molecule has 2 amide bonds. The largest absolute Gasteiger partial charge is 0.335 e. The van der Waals surface area contributed by atoms with Crippen LogP contribution in [-0.4, -0.2) is 61.3 Å². The third kappa shape index (κ3) is 5.01. The molecular weight excluding hydrogens is 476 g/mol. The lowest BCUT2D eigenvalue weighted by Crippen LogP contribution is -2.52. The number of hydrazone groups is 1. The van der Waals surface area contributed by atoms with E-state index < -0.39 is 10.0 Å². The van der Waals surface area contributed by atoms with Crippen molar-refractivity contribution in [1.29, 1.82) is 0 Å². The van der Waals surface area contributed by atoms with Crippen LogP contribution in [0.3, 0.4) is 0 Å². The van der Waals surface area contributed by atoms with Gasteiger partial charge in [0.1, 0.15) is 5.71 Å². The molecule has 180 valence electrons. The smallest absolute Gasteiger partial charge is 0.270 e. The number of piperazine rings is 1. The zero-order valence-corrected chi connectivity index (χ0v) is 20.7. The van der Waals surface area contributed by atoms with Crippen molar-refractivity contribution < 1.29 is 18.0 Å². The molecule has 10 heteroatoms. The van der Waals surface area contributed by atoms with E-state index in [-0.39, 0.29) is 61.4 Å². The summed E-state index contributed by atoms with van der Waals surface area (Å²) in [5.74, 6) is -0.150. The molecule has 0 saturated carbocycles. The summed E-state index contributed by atoms with van der Waals surface area (Å²) in [5, 5.41) is 6.08. The van der Waals surface area contributed by atoms with Crippen molar-refractivity contribution in [3.63, 3.8) is 0 Å². The van der Waals surface area contributed by atoms with Gasteiger partial charge in [0.2, 0.25) is 15.9 Å². The van der Waals surface area contributed by atoms with Crippen LogP contribution < -0.4 is 5.01 Å². The first kappa shape index (κ1) is 24.4. The number of benzene rings is 2. The summed E-state index contributed by atoms with van der Waals surface area (Å²) in [5.41, 5.74) is 1.91. The minimum Gasteiger partial charge on any atom is -0.335 e. The Balaban J connectivity index is 1.43. The Bertz CT molecular complexity index is 1200. The topological polar surface area (TPSA) is 90.4 Å². The number of sulfonamides is 1. The predicted molar refractivity (Wildman–Crippen MR) is 131 cm³/mol. The Hall–Kier alpha value is -2.75. The molecule has 0 N–H and O–H groups in total. The normalized spacial score (nSPS) is 17.8. The van der Waals surface area contributed by atoms with Gasteiger partial charge in [0.05, 0.1) is 10.6 Å². The molecule has 0 spiro atoms. The summed E-state index contributed by atoms with van der Waals surface area (Å²) < 4.78 is 27.5. The van der Waals surface area contributed by atoms with Crippen LogP contribution in [-0.2, 0) is 19.6 Å². The maximum atomic E-state index is 13.1. The van der Waals surface area contributed by atoms with E-state index in [0.717, 1.165) is 5.56 Å². The highest BCUT2D eigenvalue weighted by Gasteiger charge is 2.33. The molecule has 1 saturated heterocycles. The third-order valence-electron chi connectivity index (χ3n) is 6.06. The van der Waals surface area contributed by atoms with Gasteiger partial charge in [-0.05, 0) is 47.9 Å². The Morgan fingerprint density at radius 2 is 1.56 bits per heavy atom. The van der Waals surface area contributed by atoms with Gasteiger partial charge in [0.15, 0.2) is 0 Å². The lowest BCUT2D eigenvalue weighted by atomic mass is 10.0. The molecule has 2 aromatic carbocycles. The van der Waals surface area contributed by atoms with Gasteiger partial charge in [0, 0.05) is 44.0 Å². The first-order valence-electron chi connectivity index (χ1n) is 11.2. The highest BCUT2D eigenvalue weighted by atomic mass is 35.5. The van der Waals surface area contributed by atoms with Gasteiger partial charge in [-0.15, -0.1) is 0 Å². The van der Waals surface area contributed by atoms with E-state index in [0.29, 0.717) is 16.6 Å². The standard InChI is InChI=1S/C24H27ClN4O4S/c1-17(2)18-3-9-21(10-4-18)34(32,33)28-15-13-27(14-16-28)24(31)22-11-12-23(30)29(26-22)20-7-5-19(25)6-8-20/h3-10,17H,11-16H2,1-2H3. The lowest BCUT2D eigenvalue weighted by Gasteiger charge is -2.35. The number of halogens is 1. The average molecular weight is 503 g/mol. The molecule has 8 nitrogen and oxygen atoms in total. The Morgan fingerprint density at radius 1 is 0.941 bits per heavy atom. The van der Waals surface area contributed by atoms with Crippen molar-refractivity contribution in [3.8, 4) is 0 Å². The summed E-state index contributed by atoms with van der Waals surface area (Å²) in [6.07, 6.45) is 0.427. The number of amides is 2. The minimum atomic E-state index is -3.63. The van der Waals surface area contributed by atoms with Crippen molar-refractivity contribution in [2.45, 2.75) is 37.5 Å². The number of hydrogen-bond donors (Lipinski definition) is 0. The summed E-state index contributed by atoms with van der Waals surface area (Å²) in [6, 6.07) is 13.6. The molecule has 34 heavy (non-hydrogen) atoms. The number of hydrogen-bond acceptors (Lipinski definition) is 5. The second-order valence-electron chi connectivity index (χ2n) is 8.65. The van der Waals surface area contributed by atoms with Crippen LogP contribution in [0, 0.1) is 0 Å². The molecule has 2 aliphatic heterocycles. The maximum Gasteiger partial charge on any atom is 0.270 e. The quantitative estimate of drug-likeness (QED) is 0.626. The number of carbonyl (C=O) groups is 2. The third-order valence-corrected chi connectivity index (χ3v) is 8.23. The van der Waals surface area contributed by atoms with E-state index in [1.165, 1.54) is 9.31 Å². The van der Waals surface area contributed by atoms with E-state index in [9.17, 15) is 18.0 Å². The van der Waals surface area contributed by atoms with Gasteiger partial charge in [-0.3, -0.25) is 9.59 Å². The molecular formula is C24H27ClN4O4S. The van der Waals surface area contributed by atoms with Gasteiger partial charge in [-0.25, -0.2) is 13.4 Å². The monoisotopic (exact) mass is 502 g/mol. The molecule has 0 aromatic heterocycles. The van der Waals surface area contributed by atoms with Crippen LogP contribution in [0.1, 0.15) is 38.2 Å². The van der Waals surface area contributed by atoms with E-state index in [4.69, 9.17) is 11.6 Å². The van der Waals surface area contributed by atoms with Gasteiger partial charge < -0.3 is 4.90 Å². The van der Waals surface area contributed by atoms with Crippen LogP contribution in [0.5, 0.6) is 0 Å². The molecule has 0 aliphatic carbocycles. The molecule has 2 aromatic rings. The molecule has 0 radical (unpaired) electrons. The zero-order chi connectivity index (χ0) is 24.5. The van der Waals surface area contributed by atoms with Crippen LogP contribution in [0.4, 0.5) is 5.69 Å². The van der Waals surface area contributed by atoms with Gasteiger partial charge >= 0.3 is 0 Å². The summed E-state index contributed by atoms with van der Waals surface area (Å²) >= 11 is 5.92. The van der Waals surface area contributed by atoms with Gasteiger partial charge in [-0.2, -0.15) is 9.41 Å². The molecule has 2 heterocycles. The van der Waals surface area contributed by atoms with Crippen LogP contribution in [0.25, 0.3) is 0 Å². The minimum absolute atomic E-state index is 0.175. The van der Waals surface area contributed by atoms with E-state index in [1.807, 2.05) is 12.1 Å². The number of carbonyl (C=O) groups excluding carboxylic acids is 2. The second-order valence-corrected chi connectivity index (χ2v) is 11.0. The first-order valence-corrected chi connectivity index (χ1v) is 13.0. The highest BCUT2D eigenvalue weighted by Crippen LogP contribution is 2.24. The molecule has 2 aliphatic rings. The number of anilines is 1. The predicted octanol–water partition coefficient (Wildman–Crippen LogP) is 3.48. The Morgan fingerprint density at radius 3 is 2.15 bits per heavy atom. The molecule has 0 bridgehead atoms. The summed E-state index contributed by atoms with van der Waals surface area (Å²) in [6.45, 7) is 5.04. The Kier molecular flexibility index (Phi) is 7.06. The average Bonchev–Trinajstić information content (AvgIpc) is 2.84. The number of rotatable bonds is 5. The summed E-state index contributed by atoms with van der Waals surface area (Å²) in [4.78, 5) is 27.3. The molecule has 4 rings (SSSR count). The van der Waals surface area contributed by atoms with Crippen molar-refractivity contribution in [2.75, 3.05) is 31.2 Å². The fraction of sp³-hybridized carbons (Fsp3) is 0.375. The van der Waals surface area contributed by atoms with Crippen LogP contribution >= 0.6 is 11.6 Å². The van der Waals surface area contributed by atoms with Crippen molar-refractivity contribution in [3.05, 3.63) is 59.1 Å². The fourth-order valence-electron chi connectivity index (χ4n) is 3.98. The maximum absolute atomic E-state index is 13.1. The van der Waals surface area contributed by atoms with E-state index in [1.54, 1.807) is 41.3 Å². The molecule has 1 fully saturated rings. The van der Waals surface area contributed by atoms with Crippen molar-refractivity contribution >= 4 is 44.8 Å². The fourth-order valence-corrected chi connectivity index (χ4v) is 5.53. The summed E-state index contributed by atoms with van der Waals surface area (Å²) in [7, 11) is -3.63. The van der Waals surface area contributed by atoms with E-state index in [2.05, 4.69) is 18.9 Å². The highest BCUT2D eigenvalue weighted by molar-refractivity contribution is 7.89. The van der Waals surface area contributed by atoms with Gasteiger partial charge in [0.25, 0.3) is 5.91 Å². The zero-order valence-electron chi connectivity index (χ0n) is 19.1. The van der Waals surface area contributed by atoms with Crippen molar-refractivity contribution in [2.24, 2.45) is 5.10 Å². The van der Waals surface area contributed by atoms with E-state index >= 15 is 0 Å². The first-order chi connectivity index (χ1) is 16.2. The van der Waals surface area contributed by atoms with Crippen molar-refractivity contribution in [1.82, 2.24) is 9.21 Å². The number of nitrogens with zero attached hydrogens (tertiary/aromatic N) is 4. The lowest BCUT2D eigenvalue weighted by molar-refractivity contribution is -0.125. The molecule has 0 unspecified atom stereocenters. The SMILES string of the molecule is CC(C)c1ccc(S(=O)(=O)N2CCN(C(=O)C3=NN(c4ccc(Cl)cc4)C(=O)CC3)CC2)cc1. The Labute approximate surface area is 204 Å². The molecule has 0 atom stereocenters. The van der Waals surface area contributed by atoms with Gasteiger partial charge in [-0.1, -0.05) is 37.6 Å². The van der Waals surface area contributed by atoms with Crippen LogP contribution in [0.15, 0.2) is 58.5 Å². The second kappa shape index (κ2) is 9.85.